The molecule has 1 aliphatic heterocycles. The van der Waals surface area contributed by atoms with Crippen LogP contribution in [0.5, 0.6) is 0 Å². The van der Waals surface area contributed by atoms with Crippen molar-refractivity contribution in [3.63, 3.8) is 0 Å². The summed E-state index contributed by atoms with van der Waals surface area (Å²) in [6, 6.07) is 0. The fourth-order valence-corrected chi connectivity index (χ4v) is 5.59. The normalized spacial score (nSPS) is 16.6. The molecule has 5 heteroatoms. The van der Waals surface area contributed by atoms with Crippen molar-refractivity contribution < 1.29 is 9.59 Å². The molecule has 0 saturated heterocycles. The van der Waals surface area contributed by atoms with Crippen LogP contribution in [0, 0.1) is 0 Å². The molecular formula is C16H9NO2S2. The van der Waals surface area contributed by atoms with Crippen LogP contribution < -0.4 is 5.32 Å². The highest BCUT2D eigenvalue weighted by Gasteiger charge is 2.37. The summed E-state index contributed by atoms with van der Waals surface area (Å²) in [6.07, 6.45) is 6.14. The van der Waals surface area contributed by atoms with E-state index in [2.05, 4.69) is 28.2 Å². The molecule has 3 aromatic rings. The van der Waals surface area contributed by atoms with Crippen LogP contribution in [0.2, 0.25) is 0 Å². The number of carbonyl (C=O) groups is 2. The number of thiophene rings is 3. The lowest BCUT2D eigenvalue weighted by molar-refractivity contribution is 0.0880. The molecule has 0 spiro atoms. The van der Waals surface area contributed by atoms with Gasteiger partial charge in [0.15, 0.2) is 0 Å². The third-order valence-corrected chi connectivity index (χ3v) is 6.38. The minimum Gasteiger partial charge on any atom is -0.288 e. The zero-order valence-corrected chi connectivity index (χ0v) is 12.5. The molecule has 2 amide bonds. The van der Waals surface area contributed by atoms with Crippen LogP contribution in [0.3, 0.4) is 0 Å². The number of benzene rings is 1. The van der Waals surface area contributed by atoms with Gasteiger partial charge in [-0.05, 0) is 45.9 Å². The fraction of sp³-hybridized carbons (Fsp3) is 0.125. The number of hydrogen-bond donors (Lipinski definition) is 1. The molecule has 0 saturated carbocycles. The van der Waals surface area contributed by atoms with Crippen molar-refractivity contribution in [2.75, 3.05) is 0 Å². The zero-order chi connectivity index (χ0) is 14.1. The van der Waals surface area contributed by atoms with Crippen LogP contribution >= 0.6 is 22.7 Å². The number of aryl methyl sites for hydroxylation is 2. The molecule has 0 unspecified atom stereocenters. The van der Waals surface area contributed by atoms with Gasteiger partial charge in [0.1, 0.15) is 0 Å². The molecule has 5 rings (SSSR count). The Bertz CT molecular complexity index is 961. The van der Waals surface area contributed by atoms with Crippen LogP contribution in [0.1, 0.15) is 43.0 Å². The van der Waals surface area contributed by atoms with Gasteiger partial charge in [-0.25, -0.2) is 0 Å². The number of carbonyl (C=O) groups excluding carboxylic acids is 2. The Balaban J connectivity index is 1.80. The number of amides is 2. The van der Waals surface area contributed by atoms with Crippen molar-refractivity contribution in [2.24, 2.45) is 0 Å². The van der Waals surface area contributed by atoms with Gasteiger partial charge in [-0.1, -0.05) is 12.2 Å². The molecule has 3 aromatic heterocycles. The number of nitrogens with one attached hydrogen (secondary N) is 1. The van der Waals surface area contributed by atoms with E-state index in [1.165, 1.54) is 16.7 Å². The molecule has 0 aromatic carbocycles. The zero-order valence-electron chi connectivity index (χ0n) is 10.9. The Labute approximate surface area is 128 Å². The average Bonchev–Trinajstić information content (AvgIpc) is 3.15. The highest BCUT2D eigenvalue weighted by Crippen LogP contribution is 2.45. The Morgan fingerprint density at radius 2 is 1.76 bits per heavy atom. The van der Waals surface area contributed by atoms with Gasteiger partial charge in [0, 0.05) is 9.40 Å². The predicted octanol–water partition coefficient (Wildman–Crippen LogP) is 3.55. The van der Waals surface area contributed by atoms with E-state index in [9.17, 15) is 9.59 Å². The Morgan fingerprint density at radius 1 is 0.952 bits per heavy atom. The second-order valence-electron chi connectivity index (χ2n) is 5.37. The summed E-state index contributed by atoms with van der Waals surface area (Å²) in [7, 11) is 0. The van der Waals surface area contributed by atoms with Crippen molar-refractivity contribution >= 4 is 56.0 Å². The molecule has 3 nitrogen and oxygen atoms in total. The van der Waals surface area contributed by atoms with E-state index in [4.69, 9.17) is 0 Å². The second-order valence-corrected chi connectivity index (χ2v) is 7.14. The molecule has 0 atom stereocenters. The van der Waals surface area contributed by atoms with Gasteiger partial charge < -0.3 is 0 Å². The van der Waals surface area contributed by atoms with Gasteiger partial charge >= 0.3 is 0 Å². The maximum atomic E-state index is 12.0. The molecule has 1 aliphatic carbocycles. The number of fused-ring (bicyclic) bond motifs is 9. The van der Waals surface area contributed by atoms with Crippen LogP contribution in [-0.4, -0.2) is 11.8 Å². The van der Waals surface area contributed by atoms with E-state index in [0.717, 1.165) is 27.8 Å². The topological polar surface area (TPSA) is 46.2 Å². The number of hydrogen-bond acceptors (Lipinski definition) is 4. The molecule has 4 heterocycles. The van der Waals surface area contributed by atoms with E-state index < -0.39 is 0 Å². The van der Waals surface area contributed by atoms with Gasteiger partial charge in [-0.15, -0.1) is 11.3 Å². The van der Waals surface area contributed by atoms with Gasteiger partial charge in [-0.2, -0.15) is 11.3 Å². The van der Waals surface area contributed by atoms with E-state index in [1.807, 2.05) is 0 Å². The van der Waals surface area contributed by atoms with Gasteiger partial charge in [-0.3, -0.25) is 14.9 Å². The molecule has 2 bridgehead atoms. The number of rotatable bonds is 0. The fourth-order valence-electron chi connectivity index (χ4n) is 3.29. The van der Waals surface area contributed by atoms with E-state index in [1.54, 1.807) is 22.7 Å². The molecule has 2 aliphatic rings. The largest absolute Gasteiger partial charge is 0.288 e. The quantitative estimate of drug-likeness (QED) is 0.645. The van der Waals surface area contributed by atoms with E-state index >= 15 is 0 Å². The summed E-state index contributed by atoms with van der Waals surface area (Å²) in [6.45, 7) is 0. The summed E-state index contributed by atoms with van der Waals surface area (Å²) in [4.78, 5) is 23.9. The highest BCUT2D eigenvalue weighted by atomic mass is 32.1. The Kier molecular flexibility index (Phi) is 2.11. The monoisotopic (exact) mass is 311 g/mol. The van der Waals surface area contributed by atoms with Crippen molar-refractivity contribution in [3.05, 3.63) is 44.1 Å². The summed E-state index contributed by atoms with van der Waals surface area (Å²) in [5, 5.41) is 6.77. The Morgan fingerprint density at radius 3 is 2.62 bits per heavy atom. The average molecular weight is 311 g/mol. The third-order valence-electron chi connectivity index (χ3n) is 4.28. The first kappa shape index (κ1) is 11.7. The first-order chi connectivity index (χ1) is 10.2. The summed E-state index contributed by atoms with van der Waals surface area (Å²) >= 11 is 3.31. The Hall–Kier alpha value is -1.98. The minimum atomic E-state index is -0.245. The van der Waals surface area contributed by atoms with Crippen LogP contribution in [-0.2, 0) is 12.8 Å². The van der Waals surface area contributed by atoms with Gasteiger partial charge in [0.2, 0.25) is 0 Å². The standard InChI is InChI=1S/C16H9NO2S2/c18-15-11-12(16(19)17-15)14-10-4-2-8-6-20-5-7(8)1-3-9(10)13(11)21-14/h1,3,5-6H,2,4H2,(H,17,18,19). The van der Waals surface area contributed by atoms with Crippen LogP contribution in [0.15, 0.2) is 10.8 Å². The van der Waals surface area contributed by atoms with Crippen LogP contribution in [0.4, 0.5) is 0 Å². The maximum Gasteiger partial charge on any atom is 0.260 e. The summed E-state index contributed by atoms with van der Waals surface area (Å²) in [5.41, 5.74) is 6.20. The lowest BCUT2D eigenvalue weighted by Crippen LogP contribution is -2.20. The molecule has 1 N–H and O–H groups in total. The predicted molar refractivity (Wildman–Crippen MR) is 85.5 cm³/mol. The molecular weight excluding hydrogens is 302 g/mol. The number of imide groups is 1. The highest BCUT2D eigenvalue weighted by molar-refractivity contribution is 7.26. The lowest BCUT2D eigenvalue weighted by Gasteiger charge is -2.09. The smallest absolute Gasteiger partial charge is 0.260 e. The summed E-state index contributed by atoms with van der Waals surface area (Å²) in [5.74, 6) is -0.480. The summed E-state index contributed by atoms with van der Waals surface area (Å²) < 4.78 is 1.97. The van der Waals surface area contributed by atoms with Crippen molar-refractivity contribution in [1.29, 1.82) is 0 Å². The lowest BCUT2D eigenvalue weighted by atomic mass is 9.92. The SMILES string of the molecule is O=C1NC(=O)c2c1c1sc2c2c1C=Cc1cscc1CC2. The van der Waals surface area contributed by atoms with Gasteiger partial charge in [0.25, 0.3) is 11.8 Å². The third kappa shape index (κ3) is 1.37. The molecule has 21 heavy (non-hydrogen) atoms. The van der Waals surface area contributed by atoms with Crippen molar-refractivity contribution in [2.45, 2.75) is 12.8 Å². The van der Waals surface area contributed by atoms with E-state index in [-0.39, 0.29) is 11.8 Å². The van der Waals surface area contributed by atoms with Crippen molar-refractivity contribution in [3.8, 4) is 0 Å². The van der Waals surface area contributed by atoms with Crippen molar-refractivity contribution in [1.82, 2.24) is 5.32 Å². The minimum absolute atomic E-state index is 0.235. The van der Waals surface area contributed by atoms with E-state index in [0.29, 0.717) is 11.1 Å². The first-order valence-electron chi connectivity index (χ1n) is 6.73. The second kappa shape index (κ2) is 3.81. The van der Waals surface area contributed by atoms with Crippen LogP contribution in [0.25, 0.3) is 21.6 Å². The first-order valence-corrected chi connectivity index (χ1v) is 8.49. The molecule has 102 valence electrons. The molecule has 0 fully saturated rings. The molecule has 0 radical (unpaired) electrons. The van der Waals surface area contributed by atoms with Gasteiger partial charge in [0.05, 0.1) is 11.1 Å². The maximum absolute atomic E-state index is 12.0.